The highest BCUT2D eigenvalue weighted by molar-refractivity contribution is 9.10. The van der Waals surface area contributed by atoms with Crippen LogP contribution in [0, 0.1) is 22.0 Å². The van der Waals surface area contributed by atoms with Crippen LogP contribution in [-0.4, -0.2) is 16.5 Å². The molecule has 0 aromatic carbocycles. The lowest BCUT2D eigenvalue weighted by atomic mass is 9.80. The van der Waals surface area contributed by atoms with Gasteiger partial charge in [-0.25, -0.2) is 4.98 Å². The number of hydrogen-bond acceptors (Lipinski definition) is 4. The number of aromatic nitrogens is 1. The molecule has 1 aliphatic carbocycles. The molecule has 1 aliphatic rings. The first-order chi connectivity index (χ1) is 9.08. The van der Waals surface area contributed by atoms with Crippen LogP contribution in [0.4, 0.5) is 11.5 Å². The van der Waals surface area contributed by atoms with Crippen molar-refractivity contribution in [3.05, 3.63) is 26.9 Å². The van der Waals surface area contributed by atoms with E-state index in [9.17, 15) is 10.1 Å². The van der Waals surface area contributed by atoms with E-state index in [0.717, 1.165) is 6.54 Å². The third-order valence-corrected chi connectivity index (χ3v) is 4.29. The van der Waals surface area contributed by atoms with Crippen LogP contribution in [0.5, 0.6) is 0 Å². The van der Waals surface area contributed by atoms with Crippen LogP contribution in [0.1, 0.15) is 32.6 Å². The van der Waals surface area contributed by atoms with Gasteiger partial charge in [0.2, 0.25) is 5.82 Å². The van der Waals surface area contributed by atoms with Gasteiger partial charge in [-0.2, -0.15) is 0 Å². The van der Waals surface area contributed by atoms with Crippen LogP contribution in [0.25, 0.3) is 0 Å². The molecular weight excluding hydrogens is 310 g/mol. The Morgan fingerprint density at radius 1 is 1.53 bits per heavy atom. The number of rotatable bonds is 4. The maximum absolute atomic E-state index is 11.0. The van der Waals surface area contributed by atoms with Crippen molar-refractivity contribution >= 4 is 27.4 Å². The first kappa shape index (κ1) is 14.2. The van der Waals surface area contributed by atoms with Crippen molar-refractivity contribution in [1.82, 2.24) is 4.98 Å². The summed E-state index contributed by atoms with van der Waals surface area (Å²) >= 11 is 3.21. The monoisotopic (exact) mass is 327 g/mol. The van der Waals surface area contributed by atoms with Crippen molar-refractivity contribution in [2.75, 3.05) is 11.9 Å². The summed E-state index contributed by atoms with van der Waals surface area (Å²) in [5.74, 6) is 1.63. The Morgan fingerprint density at radius 2 is 2.26 bits per heavy atom. The zero-order chi connectivity index (χ0) is 13.8. The predicted octanol–water partition coefficient (Wildman–Crippen LogP) is 3.99. The van der Waals surface area contributed by atoms with Gasteiger partial charge >= 0.3 is 5.69 Å². The van der Waals surface area contributed by atoms with Gasteiger partial charge in [-0.15, -0.1) is 0 Å². The highest BCUT2D eigenvalue weighted by atomic mass is 79.9. The van der Waals surface area contributed by atoms with E-state index in [1.165, 1.54) is 31.7 Å². The average molecular weight is 328 g/mol. The molecule has 0 bridgehead atoms. The second-order valence-corrected chi connectivity index (χ2v) is 6.10. The Kier molecular flexibility index (Phi) is 4.74. The lowest BCUT2D eigenvalue weighted by Gasteiger charge is -2.28. The molecular formula is C13H18BrN3O2. The molecule has 2 unspecified atom stereocenters. The summed E-state index contributed by atoms with van der Waals surface area (Å²) < 4.78 is 0.621. The van der Waals surface area contributed by atoms with Crippen molar-refractivity contribution < 1.29 is 4.92 Å². The largest absolute Gasteiger partial charge is 0.364 e. The zero-order valence-corrected chi connectivity index (χ0v) is 12.5. The van der Waals surface area contributed by atoms with Gasteiger partial charge in [-0.05, 0) is 34.2 Å². The molecule has 0 aliphatic heterocycles. The zero-order valence-electron chi connectivity index (χ0n) is 10.9. The maximum atomic E-state index is 11.0. The molecule has 104 valence electrons. The van der Waals surface area contributed by atoms with Crippen molar-refractivity contribution in [2.45, 2.75) is 32.6 Å². The minimum absolute atomic E-state index is 0.0258. The van der Waals surface area contributed by atoms with E-state index in [1.54, 1.807) is 6.20 Å². The second-order valence-electron chi connectivity index (χ2n) is 5.18. The normalized spacial score (nSPS) is 23.1. The molecule has 1 heterocycles. The van der Waals surface area contributed by atoms with Gasteiger partial charge < -0.3 is 5.32 Å². The fourth-order valence-corrected chi connectivity index (χ4v) is 2.95. The van der Waals surface area contributed by atoms with E-state index < -0.39 is 4.92 Å². The lowest BCUT2D eigenvalue weighted by Crippen LogP contribution is -2.24. The molecule has 6 heteroatoms. The summed E-state index contributed by atoms with van der Waals surface area (Å²) in [7, 11) is 0. The number of nitro groups is 1. The maximum Gasteiger partial charge on any atom is 0.312 e. The number of nitrogens with one attached hydrogen (secondary N) is 1. The van der Waals surface area contributed by atoms with E-state index in [-0.39, 0.29) is 5.69 Å². The smallest absolute Gasteiger partial charge is 0.312 e. The van der Waals surface area contributed by atoms with Gasteiger partial charge in [0.1, 0.15) is 0 Å². The van der Waals surface area contributed by atoms with Crippen LogP contribution in [0.3, 0.4) is 0 Å². The Hall–Kier alpha value is -1.17. The fourth-order valence-electron chi connectivity index (χ4n) is 2.63. The molecule has 2 rings (SSSR count). The van der Waals surface area contributed by atoms with E-state index in [0.29, 0.717) is 22.1 Å². The summed E-state index contributed by atoms with van der Waals surface area (Å²) in [4.78, 5) is 14.7. The van der Waals surface area contributed by atoms with Gasteiger partial charge in [0.15, 0.2) is 0 Å². The summed E-state index contributed by atoms with van der Waals surface area (Å²) in [5, 5.41) is 14.1. The highest BCUT2D eigenvalue weighted by Gasteiger charge is 2.23. The van der Waals surface area contributed by atoms with Gasteiger partial charge in [-0.1, -0.05) is 26.2 Å². The average Bonchev–Trinajstić information content (AvgIpc) is 2.38. The Labute approximate surface area is 121 Å². The van der Waals surface area contributed by atoms with Crippen LogP contribution < -0.4 is 5.32 Å². The first-order valence-corrected chi connectivity index (χ1v) is 7.41. The predicted molar refractivity (Wildman–Crippen MR) is 78.2 cm³/mol. The molecule has 1 N–H and O–H groups in total. The van der Waals surface area contributed by atoms with Gasteiger partial charge in [0.05, 0.1) is 4.92 Å². The quantitative estimate of drug-likeness (QED) is 0.670. The van der Waals surface area contributed by atoms with Crippen LogP contribution in [-0.2, 0) is 0 Å². The first-order valence-electron chi connectivity index (χ1n) is 6.61. The van der Waals surface area contributed by atoms with E-state index in [2.05, 4.69) is 33.2 Å². The molecule has 1 saturated carbocycles. The molecule has 5 nitrogen and oxygen atoms in total. The summed E-state index contributed by atoms with van der Waals surface area (Å²) in [6, 6.07) is 1.49. The Bertz CT molecular complexity index is 467. The molecule has 1 fully saturated rings. The SMILES string of the molecule is CC1CCCCC1CNc1ncc(Br)cc1[N+](=O)[O-]. The molecule has 2 atom stereocenters. The van der Waals surface area contributed by atoms with Gasteiger partial charge in [-0.3, -0.25) is 10.1 Å². The molecule has 0 saturated heterocycles. The van der Waals surface area contributed by atoms with E-state index in [4.69, 9.17) is 0 Å². The van der Waals surface area contributed by atoms with Crippen molar-refractivity contribution in [3.8, 4) is 0 Å². The molecule has 0 spiro atoms. The Balaban J connectivity index is 2.04. The van der Waals surface area contributed by atoms with Crippen molar-refractivity contribution in [3.63, 3.8) is 0 Å². The number of pyridine rings is 1. The molecule has 0 amide bonds. The standard InChI is InChI=1S/C13H18BrN3O2/c1-9-4-2-3-5-10(9)7-15-13-12(17(18)19)6-11(14)8-16-13/h6,8-10H,2-5,7H2,1H3,(H,15,16). The number of anilines is 1. The molecule has 19 heavy (non-hydrogen) atoms. The van der Waals surface area contributed by atoms with Gasteiger partial charge in [0, 0.05) is 23.3 Å². The second kappa shape index (κ2) is 6.32. The minimum atomic E-state index is -0.398. The third-order valence-electron chi connectivity index (χ3n) is 3.85. The number of hydrogen-bond donors (Lipinski definition) is 1. The van der Waals surface area contributed by atoms with Gasteiger partial charge in [0.25, 0.3) is 0 Å². The molecule has 0 radical (unpaired) electrons. The van der Waals surface area contributed by atoms with Crippen LogP contribution >= 0.6 is 15.9 Å². The summed E-state index contributed by atoms with van der Waals surface area (Å²) in [5.41, 5.74) is 0.0258. The fraction of sp³-hybridized carbons (Fsp3) is 0.615. The van der Waals surface area contributed by atoms with E-state index in [1.807, 2.05) is 0 Å². The highest BCUT2D eigenvalue weighted by Crippen LogP contribution is 2.31. The van der Waals surface area contributed by atoms with Crippen LogP contribution in [0.2, 0.25) is 0 Å². The minimum Gasteiger partial charge on any atom is -0.364 e. The van der Waals surface area contributed by atoms with E-state index >= 15 is 0 Å². The van der Waals surface area contributed by atoms with Crippen molar-refractivity contribution in [1.29, 1.82) is 0 Å². The topological polar surface area (TPSA) is 68.1 Å². The molecule has 1 aromatic rings. The van der Waals surface area contributed by atoms with Crippen molar-refractivity contribution in [2.24, 2.45) is 11.8 Å². The number of halogens is 1. The Morgan fingerprint density at radius 3 is 2.95 bits per heavy atom. The third kappa shape index (κ3) is 3.65. The lowest BCUT2D eigenvalue weighted by molar-refractivity contribution is -0.384. The summed E-state index contributed by atoms with van der Waals surface area (Å²) in [6.07, 6.45) is 6.58. The molecule has 1 aromatic heterocycles. The summed E-state index contributed by atoms with van der Waals surface area (Å²) in [6.45, 7) is 3.02. The van der Waals surface area contributed by atoms with Crippen LogP contribution in [0.15, 0.2) is 16.7 Å². The number of nitrogens with zero attached hydrogens (tertiary/aromatic N) is 2.